The van der Waals surface area contributed by atoms with Crippen molar-refractivity contribution in [2.45, 2.75) is 31.2 Å². The fourth-order valence-electron chi connectivity index (χ4n) is 1.69. The van der Waals surface area contributed by atoms with Crippen LogP contribution in [0.15, 0.2) is 24.7 Å². The molecule has 0 aromatic carbocycles. The Morgan fingerprint density at radius 1 is 1.23 bits per heavy atom. The summed E-state index contributed by atoms with van der Waals surface area (Å²) in [5.41, 5.74) is -0.565. The minimum absolute atomic E-state index is 0.171. The predicted molar refractivity (Wildman–Crippen MR) is 61.8 cm³/mol. The van der Waals surface area contributed by atoms with Crippen LogP contribution in [0.4, 0.5) is 22.0 Å². The number of hydrogen-bond acceptors (Lipinski definition) is 5. The average Bonchev–Trinajstić information content (AvgIpc) is 2.98. The Morgan fingerprint density at radius 2 is 1.95 bits per heavy atom. The number of hydrogen-bond donors (Lipinski definition) is 1. The summed E-state index contributed by atoms with van der Waals surface area (Å²) < 4.78 is 64.8. The molecule has 3 unspecified atom stereocenters. The maximum Gasteiger partial charge on any atom is 0.393 e. The Hall–Kier alpha value is -2.17. The first-order valence-electron chi connectivity index (χ1n) is 5.98. The zero-order valence-electron chi connectivity index (χ0n) is 10.8. The van der Waals surface area contributed by atoms with Gasteiger partial charge in [-0.05, 0) is 22.1 Å². The maximum atomic E-state index is 14.0. The van der Waals surface area contributed by atoms with Gasteiger partial charge in [0, 0.05) is 6.20 Å². The van der Waals surface area contributed by atoms with Crippen LogP contribution in [0.3, 0.4) is 0 Å². The van der Waals surface area contributed by atoms with Crippen molar-refractivity contribution in [3.63, 3.8) is 0 Å². The van der Waals surface area contributed by atoms with Crippen molar-refractivity contribution in [2.24, 2.45) is 0 Å². The van der Waals surface area contributed by atoms with Crippen molar-refractivity contribution in [1.82, 2.24) is 25.2 Å². The second-order valence-electron chi connectivity index (χ2n) is 4.44. The van der Waals surface area contributed by atoms with Crippen molar-refractivity contribution >= 4 is 0 Å². The fourth-order valence-corrected chi connectivity index (χ4v) is 1.69. The van der Waals surface area contributed by atoms with Crippen molar-refractivity contribution in [2.75, 3.05) is 0 Å². The molecule has 0 saturated heterocycles. The molecule has 11 heteroatoms. The van der Waals surface area contributed by atoms with Crippen LogP contribution in [0.25, 0.3) is 0 Å². The third kappa shape index (κ3) is 3.93. The molecule has 0 bridgehead atoms. The molecule has 2 aromatic heterocycles. The van der Waals surface area contributed by atoms with Crippen LogP contribution in [0.1, 0.15) is 23.7 Å². The molecule has 0 spiro atoms. The topological polar surface area (TPSA) is 76.7 Å². The van der Waals surface area contributed by atoms with Gasteiger partial charge >= 0.3 is 6.18 Å². The summed E-state index contributed by atoms with van der Waals surface area (Å²) in [6.07, 6.45) is -10.6. The van der Waals surface area contributed by atoms with Crippen LogP contribution in [0.2, 0.25) is 0 Å². The monoisotopic (exact) mass is 323 g/mol. The van der Waals surface area contributed by atoms with E-state index in [-0.39, 0.29) is 5.56 Å². The molecule has 2 aromatic rings. The Balaban J connectivity index is 2.07. The van der Waals surface area contributed by atoms with E-state index in [1.54, 1.807) is 0 Å². The van der Waals surface area contributed by atoms with Crippen LogP contribution in [-0.2, 0) is 6.42 Å². The molecule has 22 heavy (non-hydrogen) atoms. The molecule has 3 atom stereocenters. The summed E-state index contributed by atoms with van der Waals surface area (Å²) in [6, 6.07) is 1.97. The van der Waals surface area contributed by atoms with E-state index in [9.17, 15) is 27.1 Å². The summed E-state index contributed by atoms with van der Waals surface area (Å²) in [5.74, 6) is 0. The van der Waals surface area contributed by atoms with Crippen molar-refractivity contribution in [1.29, 1.82) is 0 Å². The van der Waals surface area contributed by atoms with Gasteiger partial charge in [0.2, 0.25) is 6.30 Å². The van der Waals surface area contributed by atoms with Crippen LogP contribution in [0, 0.1) is 0 Å². The van der Waals surface area contributed by atoms with E-state index in [0.717, 1.165) is 24.7 Å². The molecule has 0 aliphatic rings. The lowest BCUT2D eigenvalue weighted by molar-refractivity contribution is -0.127. The lowest BCUT2D eigenvalue weighted by Gasteiger charge is -2.18. The number of aliphatic hydroxyl groups is 1. The molecule has 6 nitrogen and oxygen atoms in total. The zero-order chi connectivity index (χ0) is 16.3. The second-order valence-corrected chi connectivity index (χ2v) is 4.44. The van der Waals surface area contributed by atoms with Gasteiger partial charge in [0.25, 0.3) is 0 Å². The Labute approximate surface area is 120 Å². The first-order valence-corrected chi connectivity index (χ1v) is 5.98. The Morgan fingerprint density at radius 3 is 2.45 bits per heavy atom. The van der Waals surface area contributed by atoms with E-state index < -0.39 is 36.9 Å². The number of pyridine rings is 1. The quantitative estimate of drug-likeness (QED) is 0.848. The van der Waals surface area contributed by atoms with Crippen molar-refractivity contribution in [3.05, 3.63) is 35.9 Å². The molecule has 0 amide bonds. The number of halogens is 5. The number of tetrazole rings is 1. The number of aliphatic hydroxyl groups excluding tert-OH is 1. The van der Waals surface area contributed by atoms with Crippen LogP contribution < -0.4 is 0 Å². The summed E-state index contributed by atoms with van der Waals surface area (Å²) >= 11 is 0. The van der Waals surface area contributed by atoms with Gasteiger partial charge in [-0.2, -0.15) is 17.9 Å². The number of nitrogens with zero attached hydrogens (tertiary/aromatic N) is 5. The van der Waals surface area contributed by atoms with Gasteiger partial charge in [0.1, 0.15) is 12.4 Å². The van der Waals surface area contributed by atoms with Gasteiger partial charge in [-0.3, -0.25) is 4.98 Å². The van der Waals surface area contributed by atoms with Gasteiger partial charge in [-0.15, -0.1) is 5.10 Å². The minimum Gasteiger partial charge on any atom is -0.385 e. The highest BCUT2D eigenvalue weighted by Crippen LogP contribution is 2.28. The highest BCUT2D eigenvalue weighted by Gasteiger charge is 2.32. The SMILES string of the molecule is OC(C(F)c1ccc(CC(F)(F)F)cn1)C(F)n1cnnn1. The van der Waals surface area contributed by atoms with Crippen molar-refractivity contribution in [3.8, 4) is 0 Å². The normalized spacial score (nSPS) is 16.3. The van der Waals surface area contributed by atoms with Crippen LogP contribution >= 0.6 is 0 Å². The molecule has 2 rings (SSSR count). The van der Waals surface area contributed by atoms with E-state index >= 15 is 0 Å². The fraction of sp³-hybridized carbons (Fsp3) is 0.455. The number of aromatic nitrogens is 5. The largest absolute Gasteiger partial charge is 0.393 e. The summed E-state index contributed by atoms with van der Waals surface area (Å²) in [5, 5.41) is 19.0. The molecule has 0 aliphatic carbocycles. The Bertz CT molecular complexity index is 588. The summed E-state index contributed by atoms with van der Waals surface area (Å²) in [6.45, 7) is 0. The zero-order valence-corrected chi connectivity index (χ0v) is 10.8. The van der Waals surface area contributed by atoms with Crippen LogP contribution in [-0.4, -0.2) is 42.6 Å². The van der Waals surface area contributed by atoms with E-state index in [1.165, 1.54) is 0 Å². The molecule has 1 N–H and O–H groups in total. The van der Waals surface area contributed by atoms with E-state index in [4.69, 9.17) is 0 Å². The Kier molecular flexibility index (Phi) is 4.64. The van der Waals surface area contributed by atoms with Crippen LogP contribution in [0.5, 0.6) is 0 Å². The van der Waals surface area contributed by atoms with E-state index in [1.807, 2.05) is 0 Å². The maximum absolute atomic E-state index is 14.0. The molecule has 0 saturated carbocycles. The molecule has 0 aliphatic heterocycles. The first kappa shape index (κ1) is 16.2. The van der Waals surface area contributed by atoms with Gasteiger partial charge in [0.05, 0.1) is 12.1 Å². The number of rotatable bonds is 5. The predicted octanol–water partition coefficient (Wildman–Crippen LogP) is 1.71. The molecule has 0 radical (unpaired) electrons. The second kappa shape index (κ2) is 6.30. The third-order valence-electron chi connectivity index (χ3n) is 2.73. The lowest BCUT2D eigenvalue weighted by atomic mass is 10.1. The number of alkyl halides is 5. The average molecular weight is 323 g/mol. The van der Waals surface area contributed by atoms with Crippen molar-refractivity contribution < 1.29 is 27.1 Å². The first-order chi connectivity index (χ1) is 10.3. The van der Waals surface area contributed by atoms with Gasteiger partial charge in [-0.1, -0.05) is 6.07 Å². The molecule has 120 valence electrons. The van der Waals surface area contributed by atoms with Gasteiger partial charge in [0.15, 0.2) is 6.17 Å². The third-order valence-corrected chi connectivity index (χ3v) is 2.73. The van der Waals surface area contributed by atoms with Gasteiger partial charge < -0.3 is 5.11 Å². The molecular weight excluding hydrogens is 313 g/mol. The lowest BCUT2D eigenvalue weighted by Crippen LogP contribution is -2.26. The minimum atomic E-state index is -4.41. The molecule has 0 fully saturated rings. The highest BCUT2D eigenvalue weighted by molar-refractivity contribution is 5.17. The summed E-state index contributed by atoms with van der Waals surface area (Å²) in [4.78, 5) is 3.48. The summed E-state index contributed by atoms with van der Waals surface area (Å²) in [7, 11) is 0. The molecular formula is C11H10F5N5O. The van der Waals surface area contributed by atoms with E-state index in [2.05, 4.69) is 20.5 Å². The highest BCUT2D eigenvalue weighted by atomic mass is 19.4. The molecule has 2 heterocycles. The van der Waals surface area contributed by atoms with E-state index in [0.29, 0.717) is 4.68 Å². The standard InChI is InChI=1S/C11H10F5N5O/c12-8(9(22)10(13)21-5-18-19-20-21)7-2-1-6(4-17-7)3-11(14,15)16/h1-2,4-5,8-10,22H,3H2. The smallest absolute Gasteiger partial charge is 0.385 e. The van der Waals surface area contributed by atoms with Gasteiger partial charge in [-0.25, -0.2) is 8.78 Å².